The van der Waals surface area contributed by atoms with Crippen LogP contribution in [0.4, 0.5) is 5.69 Å². The summed E-state index contributed by atoms with van der Waals surface area (Å²) in [4.78, 5) is 4.70. The van der Waals surface area contributed by atoms with Crippen molar-refractivity contribution in [2.75, 3.05) is 12.8 Å². The molecule has 1 heterocycles. The molecule has 1 aromatic carbocycles. The molecule has 2 N–H and O–H groups in total. The quantitative estimate of drug-likeness (QED) is 0.869. The van der Waals surface area contributed by atoms with Crippen molar-refractivity contribution in [1.82, 2.24) is 4.98 Å². The maximum Gasteiger partial charge on any atom is 0.217 e. The molecule has 1 atom stereocenters. The summed E-state index contributed by atoms with van der Waals surface area (Å²) in [6.07, 6.45) is 1.64. The van der Waals surface area contributed by atoms with Gasteiger partial charge in [-0.2, -0.15) is 0 Å². The Hall–Kier alpha value is -1.40. The summed E-state index contributed by atoms with van der Waals surface area (Å²) in [5, 5.41) is 0. The average Bonchev–Trinajstić information content (AvgIpc) is 2.39. The Morgan fingerprint density at radius 2 is 2.21 bits per heavy atom. The second kappa shape index (κ2) is 6.16. The normalized spacial score (nSPS) is 12.1. The van der Waals surface area contributed by atoms with Gasteiger partial charge in [0.15, 0.2) is 0 Å². The van der Waals surface area contributed by atoms with Gasteiger partial charge < -0.3 is 10.5 Å². The second-order valence-electron chi connectivity index (χ2n) is 3.84. The van der Waals surface area contributed by atoms with E-state index in [4.69, 9.17) is 10.5 Å². The first-order valence-corrected chi connectivity index (χ1v) is 7.64. The fourth-order valence-electron chi connectivity index (χ4n) is 1.66. The van der Waals surface area contributed by atoms with E-state index in [1.54, 1.807) is 31.5 Å². The number of hydrogen-bond acceptors (Lipinski definition) is 4. The van der Waals surface area contributed by atoms with E-state index in [0.29, 0.717) is 22.2 Å². The molecular weight excluding hydrogens is 328 g/mol. The molecule has 19 heavy (non-hydrogen) atoms. The summed E-state index contributed by atoms with van der Waals surface area (Å²) in [5.41, 5.74) is 7.18. The first kappa shape index (κ1) is 14.0. The lowest BCUT2D eigenvalue weighted by Gasteiger charge is -2.08. The average molecular weight is 341 g/mol. The Morgan fingerprint density at radius 3 is 2.89 bits per heavy atom. The number of ether oxygens (including phenoxy) is 1. The lowest BCUT2D eigenvalue weighted by molar-refractivity contribution is 0.394. The molecule has 100 valence electrons. The zero-order valence-electron chi connectivity index (χ0n) is 10.3. The van der Waals surface area contributed by atoms with E-state index in [9.17, 15) is 4.21 Å². The van der Waals surface area contributed by atoms with Gasteiger partial charge in [-0.3, -0.25) is 4.21 Å². The molecule has 4 nitrogen and oxygen atoms in total. The first-order chi connectivity index (χ1) is 9.11. The Kier molecular flexibility index (Phi) is 4.55. The van der Waals surface area contributed by atoms with Gasteiger partial charge in [0, 0.05) is 21.9 Å². The van der Waals surface area contributed by atoms with Crippen molar-refractivity contribution in [2.45, 2.75) is 10.6 Å². The first-order valence-electron chi connectivity index (χ1n) is 5.53. The highest BCUT2D eigenvalue weighted by Gasteiger charge is 2.12. The van der Waals surface area contributed by atoms with Crippen LogP contribution in [-0.2, 0) is 16.6 Å². The van der Waals surface area contributed by atoms with E-state index in [-0.39, 0.29) is 0 Å². The number of aromatic nitrogens is 1. The van der Waals surface area contributed by atoms with Gasteiger partial charge in [0.25, 0.3) is 0 Å². The van der Waals surface area contributed by atoms with Crippen molar-refractivity contribution in [1.29, 1.82) is 0 Å². The summed E-state index contributed by atoms with van der Waals surface area (Å²) in [7, 11) is 0.312. The molecule has 0 spiro atoms. The summed E-state index contributed by atoms with van der Waals surface area (Å²) >= 11 is 3.33. The minimum atomic E-state index is -1.23. The van der Waals surface area contributed by atoms with Crippen LogP contribution >= 0.6 is 15.9 Å². The smallest absolute Gasteiger partial charge is 0.217 e. The fraction of sp³-hybridized carbons (Fsp3) is 0.154. The molecule has 1 aromatic heterocycles. The molecule has 0 aliphatic carbocycles. The van der Waals surface area contributed by atoms with Gasteiger partial charge in [-0.05, 0) is 24.3 Å². The molecule has 0 aliphatic heterocycles. The van der Waals surface area contributed by atoms with E-state index in [1.807, 2.05) is 12.1 Å². The minimum Gasteiger partial charge on any atom is -0.481 e. The minimum absolute atomic E-state index is 0.322. The van der Waals surface area contributed by atoms with Gasteiger partial charge in [-0.25, -0.2) is 4.98 Å². The predicted octanol–water partition coefficient (Wildman–Crippen LogP) is 2.74. The highest BCUT2D eigenvalue weighted by atomic mass is 79.9. The molecule has 0 bridgehead atoms. The number of rotatable bonds is 4. The number of hydrogen-bond donors (Lipinski definition) is 1. The van der Waals surface area contributed by atoms with E-state index in [1.165, 1.54) is 0 Å². The number of halogens is 1. The van der Waals surface area contributed by atoms with Crippen molar-refractivity contribution < 1.29 is 8.95 Å². The number of anilines is 1. The van der Waals surface area contributed by atoms with Crippen LogP contribution in [-0.4, -0.2) is 16.3 Å². The third-order valence-electron chi connectivity index (χ3n) is 2.55. The third-order valence-corrected chi connectivity index (χ3v) is 4.48. The number of nitrogens with two attached hydrogens (primary N) is 1. The number of nitrogen functional groups attached to an aromatic ring is 1. The number of pyridine rings is 1. The third kappa shape index (κ3) is 3.33. The van der Waals surface area contributed by atoms with Gasteiger partial charge in [0.05, 0.1) is 28.6 Å². The van der Waals surface area contributed by atoms with E-state index < -0.39 is 10.8 Å². The van der Waals surface area contributed by atoms with Crippen LogP contribution in [0.25, 0.3) is 0 Å². The Labute approximate surface area is 122 Å². The molecular formula is C13H13BrN2O2S. The lowest BCUT2D eigenvalue weighted by atomic mass is 10.3. The van der Waals surface area contributed by atoms with E-state index in [2.05, 4.69) is 20.9 Å². The molecule has 2 rings (SSSR count). The maximum absolute atomic E-state index is 12.3. The Bertz CT molecular complexity index is 619. The van der Waals surface area contributed by atoms with Crippen LogP contribution in [0.1, 0.15) is 5.56 Å². The summed E-state index contributed by atoms with van der Waals surface area (Å²) < 4.78 is 18.4. The van der Waals surface area contributed by atoms with Gasteiger partial charge >= 0.3 is 0 Å². The Balaban J connectivity index is 2.26. The standard InChI is InChI=1S/C13H13BrN2O2S/c1-18-13-9(3-2-6-16-13)8-19(17)12-5-4-10(14)7-11(12)15/h2-7H,8,15H2,1H3. The van der Waals surface area contributed by atoms with Crippen molar-refractivity contribution in [3.05, 3.63) is 46.6 Å². The number of benzene rings is 1. The highest BCUT2D eigenvalue weighted by molar-refractivity contribution is 9.10. The van der Waals surface area contributed by atoms with E-state index in [0.717, 1.165) is 10.0 Å². The maximum atomic E-state index is 12.3. The molecule has 0 radical (unpaired) electrons. The van der Waals surface area contributed by atoms with Gasteiger partial charge in [0.2, 0.25) is 5.88 Å². The van der Waals surface area contributed by atoms with Crippen LogP contribution in [0.3, 0.4) is 0 Å². The van der Waals surface area contributed by atoms with Crippen LogP contribution in [0, 0.1) is 0 Å². The monoisotopic (exact) mass is 340 g/mol. The zero-order valence-corrected chi connectivity index (χ0v) is 12.7. The van der Waals surface area contributed by atoms with Gasteiger partial charge in [-0.1, -0.05) is 22.0 Å². The molecule has 0 fully saturated rings. The van der Waals surface area contributed by atoms with E-state index >= 15 is 0 Å². The molecule has 0 aliphatic rings. The number of methoxy groups -OCH3 is 1. The van der Waals surface area contributed by atoms with Crippen LogP contribution in [0.2, 0.25) is 0 Å². The van der Waals surface area contributed by atoms with Crippen molar-refractivity contribution in [3.8, 4) is 5.88 Å². The fourth-order valence-corrected chi connectivity index (χ4v) is 3.24. The molecule has 0 amide bonds. The molecule has 0 saturated heterocycles. The molecule has 1 unspecified atom stereocenters. The van der Waals surface area contributed by atoms with Gasteiger partial charge in [-0.15, -0.1) is 0 Å². The number of nitrogens with zero attached hydrogens (tertiary/aromatic N) is 1. The van der Waals surface area contributed by atoms with Crippen LogP contribution in [0.5, 0.6) is 5.88 Å². The Morgan fingerprint density at radius 1 is 1.42 bits per heavy atom. The molecule has 2 aromatic rings. The van der Waals surface area contributed by atoms with Crippen LogP contribution in [0.15, 0.2) is 45.9 Å². The SMILES string of the molecule is COc1ncccc1CS(=O)c1ccc(Br)cc1N. The summed E-state index contributed by atoms with van der Waals surface area (Å²) in [5.74, 6) is 0.814. The zero-order chi connectivity index (χ0) is 13.8. The summed E-state index contributed by atoms with van der Waals surface area (Å²) in [6, 6.07) is 8.97. The van der Waals surface area contributed by atoms with Gasteiger partial charge in [0.1, 0.15) is 0 Å². The second-order valence-corrected chi connectivity index (χ2v) is 6.18. The molecule has 6 heteroatoms. The predicted molar refractivity (Wildman–Crippen MR) is 79.5 cm³/mol. The lowest BCUT2D eigenvalue weighted by Crippen LogP contribution is -2.03. The van der Waals surface area contributed by atoms with Crippen LogP contribution < -0.4 is 10.5 Å². The largest absolute Gasteiger partial charge is 0.481 e. The molecule has 0 saturated carbocycles. The summed E-state index contributed by atoms with van der Waals surface area (Å²) in [6.45, 7) is 0. The van der Waals surface area contributed by atoms with Crippen molar-refractivity contribution in [2.24, 2.45) is 0 Å². The topological polar surface area (TPSA) is 65.2 Å². The highest BCUT2D eigenvalue weighted by Crippen LogP contribution is 2.25. The van der Waals surface area contributed by atoms with Crippen molar-refractivity contribution in [3.63, 3.8) is 0 Å². The van der Waals surface area contributed by atoms with Crippen molar-refractivity contribution >= 4 is 32.4 Å².